The van der Waals surface area contributed by atoms with Crippen molar-refractivity contribution in [2.75, 3.05) is 5.32 Å². The van der Waals surface area contributed by atoms with Crippen molar-refractivity contribution in [1.82, 2.24) is 0 Å². The van der Waals surface area contributed by atoms with Gasteiger partial charge in [-0.1, -0.05) is 18.2 Å². The standard InChI is InChI=1S/C15H13NO5/c17-14(18)13(15(19)20)16-10-6-8-12(9-7-10)21-11-4-2-1-3-5-11/h1-9,13,16H,(H,17,18)(H,19,20). The molecular formula is C15H13NO5. The number of carbonyl (C=O) groups is 2. The quantitative estimate of drug-likeness (QED) is 0.706. The minimum absolute atomic E-state index is 0.380. The highest BCUT2D eigenvalue weighted by Crippen LogP contribution is 2.22. The van der Waals surface area contributed by atoms with Crippen LogP contribution in [-0.2, 0) is 9.59 Å². The van der Waals surface area contributed by atoms with Gasteiger partial charge in [-0.2, -0.15) is 0 Å². The highest BCUT2D eigenvalue weighted by atomic mass is 16.5. The van der Waals surface area contributed by atoms with Crippen molar-refractivity contribution >= 4 is 17.6 Å². The summed E-state index contributed by atoms with van der Waals surface area (Å²) in [4.78, 5) is 21.6. The van der Waals surface area contributed by atoms with Crippen molar-refractivity contribution in [1.29, 1.82) is 0 Å². The number of ether oxygens (including phenoxy) is 1. The van der Waals surface area contributed by atoms with Gasteiger partial charge in [0, 0.05) is 5.69 Å². The van der Waals surface area contributed by atoms with Crippen LogP contribution < -0.4 is 10.1 Å². The number of hydrogen-bond acceptors (Lipinski definition) is 4. The second kappa shape index (κ2) is 6.42. The van der Waals surface area contributed by atoms with Crippen LogP contribution in [0.5, 0.6) is 11.5 Å². The molecule has 0 aliphatic carbocycles. The van der Waals surface area contributed by atoms with Gasteiger partial charge in [-0.3, -0.25) is 0 Å². The average Bonchev–Trinajstić information content (AvgIpc) is 2.47. The first-order chi connectivity index (χ1) is 10.1. The van der Waals surface area contributed by atoms with Crippen LogP contribution in [-0.4, -0.2) is 28.2 Å². The van der Waals surface area contributed by atoms with Crippen LogP contribution in [0.2, 0.25) is 0 Å². The molecule has 108 valence electrons. The third-order valence-corrected chi connectivity index (χ3v) is 2.64. The Kier molecular flexibility index (Phi) is 4.40. The lowest BCUT2D eigenvalue weighted by Crippen LogP contribution is -2.37. The number of hydrogen-bond donors (Lipinski definition) is 3. The van der Waals surface area contributed by atoms with Crippen LogP contribution in [0, 0.1) is 0 Å². The summed E-state index contributed by atoms with van der Waals surface area (Å²) in [6.45, 7) is 0. The molecule has 2 aromatic carbocycles. The number of benzene rings is 2. The second-order valence-electron chi connectivity index (χ2n) is 4.19. The van der Waals surface area contributed by atoms with Crippen molar-refractivity contribution in [2.45, 2.75) is 6.04 Å². The molecule has 0 fully saturated rings. The van der Waals surface area contributed by atoms with Crippen LogP contribution in [0.1, 0.15) is 0 Å². The van der Waals surface area contributed by atoms with Crippen molar-refractivity contribution in [3.63, 3.8) is 0 Å². The highest BCUT2D eigenvalue weighted by molar-refractivity contribution is 6.00. The summed E-state index contributed by atoms with van der Waals surface area (Å²) < 4.78 is 5.57. The summed E-state index contributed by atoms with van der Waals surface area (Å²) in [6, 6.07) is 13.8. The van der Waals surface area contributed by atoms with Gasteiger partial charge in [-0.25, -0.2) is 9.59 Å². The van der Waals surface area contributed by atoms with Gasteiger partial charge in [0.05, 0.1) is 0 Å². The van der Waals surface area contributed by atoms with E-state index in [0.29, 0.717) is 17.2 Å². The van der Waals surface area contributed by atoms with E-state index >= 15 is 0 Å². The monoisotopic (exact) mass is 287 g/mol. The molecule has 0 unspecified atom stereocenters. The Labute approximate surface area is 120 Å². The number of nitrogens with one attached hydrogen (secondary N) is 1. The SMILES string of the molecule is O=C(O)C(Nc1ccc(Oc2ccccc2)cc1)C(=O)O. The average molecular weight is 287 g/mol. The minimum Gasteiger partial charge on any atom is -0.479 e. The molecular weight excluding hydrogens is 274 g/mol. The molecule has 6 nitrogen and oxygen atoms in total. The first kappa shape index (κ1) is 14.4. The lowest BCUT2D eigenvalue weighted by atomic mass is 10.2. The molecule has 0 bridgehead atoms. The fraction of sp³-hybridized carbons (Fsp3) is 0.0667. The number of rotatable bonds is 6. The predicted molar refractivity (Wildman–Crippen MR) is 75.6 cm³/mol. The first-order valence-electron chi connectivity index (χ1n) is 6.11. The van der Waals surface area contributed by atoms with Crippen molar-refractivity contribution < 1.29 is 24.5 Å². The van der Waals surface area contributed by atoms with Gasteiger partial charge in [-0.05, 0) is 36.4 Å². The van der Waals surface area contributed by atoms with Crippen molar-refractivity contribution in [3.8, 4) is 11.5 Å². The van der Waals surface area contributed by atoms with E-state index in [1.54, 1.807) is 36.4 Å². The number of carboxylic acid groups (broad SMARTS) is 2. The second-order valence-corrected chi connectivity index (χ2v) is 4.19. The summed E-state index contributed by atoms with van der Waals surface area (Å²) in [5.74, 6) is -1.67. The maximum Gasteiger partial charge on any atom is 0.337 e. The lowest BCUT2D eigenvalue weighted by Gasteiger charge is -2.12. The van der Waals surface area contributed by atoms with E-state index in [2.05, 4.69) is 5.32 Å². The zero-order valence-electron chi connectivity index (χ0n) is 10.9. The van der Waals surface area contributed by atoms with Gasteiger partial charge in [0.2, 0.25) is 6.04 Å². The normalized spacial score (nSPS) is 10.1. The summed E-state index contributed by atoms with van der Waals surface area (Å²) in [7, 11) is 0. The molecule has 0 saturated heterocycles. The molecule has 0 saturated carbocycles. The number of aliphatic carboxylic acids is 2. The summed E-state index contributed by atoms with van der Waals surface area (Å²) in [6.07, 6.45) is 0. The largest absolute Gasteiger partial charge is 0.479 e. The molecule has 0 heterocycles. The Balaban J connectivity index is 2.05. The van der Waals surface area contributed by atoms with E-state index in [4.69, 9.17) is 14.9 Å². The molecule has 21 heavy (non-hydrogen) atoms. The van der Waals surface area contributed by atoms with Crippen LogP contribution in [0.3, 0.4) is 0 Å². The van der Waals surface area contributed by atoms with Gasteiger partial charge in [0.1, 0.15) is 11.5 Å². The van der Waals surface area contributed by atoms with E-state index in [-0.39, 0.29) is 0 Å². The Morgan fingerprint density at radius 3 is 1.90 bits per heavy atom. The van der Waals surface area contributed by atoms with Crippen LogP contribution >= 0.6 is 0 Å². The topological polar surface area (TPSA) is 95.9 Å². The van der Waals surface area contributed by atoms with Gasteiger partial charge >= 0.3 is 11.9 Å². The Morgan fingerprint density at radius 2 is 1.38 bits per heavy atom. The van der Waals surface area contributed by atoms with Crippen LogP contribution in [0.4, 0.5) is 5.69 Å². The van der Waals surface area contributed by atoms with E-state index in [0.717, 1.165) is 0 Å². The first-order valence-corrected chi connectivity index (χ1v) is 6.11. The Morgan fingerprint density at radius 1 is 0.857 bits per heavy atom. The molecule has 0 aromatic heterocycles. The van der Waals surface area contributed by atoms with E-state index in [1.807, 2.05) is 18.2 Å². The third kappa shape index (κ3) is 3.97. The van der Waals surface area contributed by atoms with Crippen molar-refractivity contribution in [3.05, 3.63) is 54.6 Å². The maximum atomic E-state index is 10.8. The van der Waals surface area contributed by atoms with Gasteiger partial charge in [0.25, 0.3) is 0 Å². The number of carboxylic acids is 2. The zero-order chi connectivity index (χ0) is 15.2. The van der Waals surface area contributed by atoms with Gasteiger partial charge in [-0.15, -0.1) is 0 Å². The minimum atomic E-state index is -1.69. The molecule has 0 amide bonds. The van der Waals surface area contributed by atoms with Crippen LogP contribution in [0.25, 0.3) is 0 Å². The van der Waals surface area contributed by atoms with Gasteiger partial charge < -0.3 is 20.3 Å². The molecule has 3 N–H and O–H groups in total. The van der Waals surface area contributed by atoms with E-state index in [9.17, 15) is 9.59 Å². The smallest absolute Gasteiger partial charge is 0.337 e. The molecule has 2 rings (SSSR count). The Hall–Kier alpha value is -3.02. The van der Waals surface area contributed by atoms with E-state index in [1.165, 1.54) is 0 Å². The molecule has 0 atom stereocenters. The zero-order valence-corrected chi connectivity index (χ0v) is 10.9. The molecule has 0 radical (unpaired) electrons. The molecule has 2 aromatic rings. The highest BCUT2D eigenvalue weighted by Gasteiger charge is 2.25. The van der Waals surface area contributed by atoms with Crippen LogP contribution in [0.15, 0.2) is 54.6 Å². The maximum absolute atomic E-state index is 10.8. The molecule has 6 heteroatoms. The fourth-order valence-electron chi connectivity index (χ4n) is 1.64. The predicted octanol–water partition coefficient (Wildman–Crippen LogP) is 2.43. The molecule has 0 aliphatic heterocycles. The van der Waals surface area contributed by atoms with Crippen molar-refractivity contribution in [2.24, 2.45) is 0 Å². The number of anilines is 1. The van der Waals surface area contributed by atoms with Gasteiger partial charge in [0.15, 0.2) is 0 Å². The molecule has 0 aliphatic rings. The van der Waals surface area contributed by atoms with E-state index < -0.39 is 18.0 Å². The number of para-hydroxylation sites is 1. The third-order valence-electron chi connectivity index (χ3n) is 2.64. The summed E-state index contributed by atoms with van der Waals surface area (Å²) in [5, 5.41) is 20.0. The Bertz CT molecular complexity index is 610. The lowest BCUT2D eigenvalue weighted by molar-refractivity contribution is -0.148. The summed E-state index contributed by atoms with van der Waals surface area (Å²) >= 11 is 0. The summed E-state index contributed by atoms with van der Waals surface area (Å²) in [5.41, 5.74) is 0.380. The molecule has 0 spiro atoms. The fourth-order valence-corrected chi connectivity index (χ4v) is 1.64.